The molecule has 0 aliphatic heterocycles. The fraction of sp³-hybridized carbons (Fsp3) is 0.800. The van der Waals surface area contributed by atoms with Crippen LogP contribution in [0.1, 0.15) is 6.92 Å². The van der Waals surface area contributed by atoms with E-state index in [1.807, 2.05) is 6.92 Å². The van der Waals surface area contributed by atoms with E-state index in [0.717, 1.165) is 17.8 Å². The highest BCUT2D eigenvalue weighted by Gasteiger charge is 1.77. The summed E-state index contributed by atoms with van der Waals surface area (Å²) in [5, 5.41) is 0. The molecule has 0 fully saturated rings. The van der Waals surface area contributed by atoms with E-state index < -0.39 is 0 Å². The van der Waals surface area contributed by atoms with E-state index in [9.17, 15) is 0 Å². The van der Waals surface area contributed by atoms with Crippen molar-refractivity contribution < 1.29 is 4.74 Å². The van der Waals surface area contributed by atoms with Crippen molar-refractivity contribution in [3.05, 3.63) is 0 Å². The third-order valence-corrected chi connectivity index (χ3v) is 1.06. The Labute approximate surface area is 63.5 Å². The number of nitrogens with zero attached hydrogens (tertiary/aromatic N) is 1. The molecule has 0 aromatic rings. The first-order valence-corrected chi connectivity index (χ1v) is 4.02. The molecule has 0 aromatic heterocycles. The molecular formula is C5H10INO. The summed E-state index contributed by atoms with van der Waals surface area (Å²) in [7, 11) is 0. The van der Waals surface area contributed by atoms with Crippen molar-refractivity contribution in [2.75, 3.05) is 17.8 Å². The summed E-state index contributed by atoms with van der Waals surface area (Å²) in [6, 6.07) is 0. The molecule has 0 atom stereocenters. The van der Waals surface area contributed by atoms with E-state index in [0.29, 0.717) is 0 Å². The average Bonchev–Trinajstić information content (AvgIpc) is 1.81. The van der Waals surface area contributed by atoms with Gasteiger partial charge in [0, 0.05) is 0 Å². The van der Waals surface area contributed by atoms with Crippen LogP contribution in [0.3, 0.4) is 0 Å². The van der Waals surface area contributed by atoms with E-state index in [2.05, 4.69) is 27.6 Å². The van der Waals surface area contributed by atoms with Gasteiger partial charge in [0.1, 0.15) is 0 Å². The van der Waals surface area contributed by atoms with E-state index in [-0.39, 0.29) is 0 Å². The zero-order chi connectivity index (χ0) is 6.24. The van der Waals surface area contributed by atoms with Crippen molar-refractivity contribution in [1.29, 1.82) is 0 Å². The van der Waals surface area contributed by atoms with Gasteiger partial charge in [0.25, 0.3) is 0 Å². The minimum absolute atomic E-state index is 0.743. The lowest BCUT2D eigenvalue weighted by Gasteiger charge is -1.92. The highest BCUT2D eigenvalue weighted by Crippen LogP contribution is 1.82. The van der Waals surface area contributed by atoms with Gasteiger partial charge in [-0.05, 0) is 13.1 Å². The molecule has 0 N–H and O–H groups in total. The first-order valence-electron chi connectivity index (χ1n) is 2.50. The van der Waals surface area contributed by atoms with Crippen molar-refractivity contribution in [2.24, 2.45) is 4.99 Å². The zero-order valence-electron chi connectivity index (χ0n) is 4.93. The van der Waals surface area contributed by atoms with Crippen molar-refractivity contribution >= 4 is 28.8 Å². The summed E-state index contributed by atoms with van der Waals surface area (Å²) in [6.45, 7) is 3.44. The standard InChI is InChI=1S/C5H10INO/c1-2-7-3-4-8-5-6/h2H,3-5H2,1H3. The first-order chi connectivity index (χ1) is 3.91. The SMILES string of the molecule is CC=NCCOCI. The molecule has 2 nitrogen and oxygen atoms in total. The van der Waals surface area contributed by atoms with Crippen LogP contribution in [-0.4, -0.2) is 24.0 Å². The van der Waals surface area contributed by atoms with Crippen LogP contribution in [0.4, 0.5) is 0 Å². The Kier molecular flexibility index (Phi) is 7.69. The molecule has 0 bridgehead atoms. The molecule has 0 aliphatic carbocycles. The molecule has 8 heavy (non-hydrogen) atoms. The summed E-state index contributed by atoms with van der Waals surface area (Å²) < 4.78 is 5.77. The monoisotopic (exact) mass is 227 g/mol. The van der Waals surface area contributed by atoms with Gasteiger partial charge in [0.05, 0.1) is 17.8 Å². The molecule has 3 heteroatoms. The van der Waals surface area contributed by atoms with Gasteiger partial charge in [-0.25, -0.2) is 0 Å². The normalized spacial score (nSPS) is 10.8. The van der Waals surface area contributed by atoms with Crippen LogP contribution in [0, 0.1) is 0 Å². The summed E-state index contributed by atoms with van der Waals surface area (Å²) in [4.78, 5) is 3.96. The molecule has 0 amide bonds. The Morgan fingerprint density at radius 3 is 3.00 bits per heavy atom. The Balaban J connectivity index is 2.72. The fourth-order valence-electron chi connectivity index (χ4n) is 0.301. The van der Waals surface area contributed by atoms with Crippen LogP contribution >= 0.6 is 22.6 Å². The van der Waals surface area contributed by atoms with Crippen molar-refractivity contribution in [1.82, 2.24) is 0 Å². The van der Waals surface area contributed by atoms with Crippen molar-refractivity contribution in [2.45, 2.75) is 6.92 Å². The number of hydrogen-bond donors (Lipinski definition) is 0. The quantitative estimate of drug-likeness (QED) is 0.308. The van der Waals surface area contributed by atoms with Gasteiger partial charge in [-0.3, -0.25) is 4.99 Å². The Bertz CT molecular complexity index is 65.4. The largest absolute Gasteiger partial charge is 0.369 e. The van der Waals surface area contributed by atoms with E-state index >= 15 is 0 Å². The maximum atomic E-state index is 5.01. The molecule has 0 saturated heterocycles. The van der Waals surface area contributed by atoms with E-state index in [1.54, 1.807) is 6.21 Å². The maximum Gasteiger partial charge on any atom is 0.0980 e. The molecule has 0 unspecified atom stereocenters. The van der Waals surface area contributed by atoms with Crippen LogP contribution in [0.5, 0.6) is 0 Å². The number of halogens is 1. The number of hydrogen-bond acceptors (Lipinski definition) is 2. The Morgan fingerprint density at radius 1 is 1.75 bits per heavy atom. The molecule has 0 spiro atoms. The lowest BCUT2D eigenvalue weighted by Crippen LogP contribution is -1.94. The molecule has 0 heterocycles. The summed E-state index contributed by atoms with van der Waals surface area (Å²) in [5.41, 5.74) is 0. The number of ether oxygens (including phenoxy) is 1. The Hall–Kier alpha value is 0.360. The molecule has 0 radical (unpaired) electrons. The highest BCUT2D eigenvalue weighted by atomic mass is 127. The first kappa shape index (κ1) is 8.36. The number of alkyl halides is 1. The molecule has 0 rings (SSSR count). The predicted octanol–water partition coefficient (Wildman–Crippen LogP) is 1.49. The van der Waals surface area contributed by atoms with E-state index in [1.165, 1.54) is 0 Å². The second-order valence-corrected chi connectivity index (χ2v) is 1.80. The van der Waals surface area contributed by atoms with Crippen molar-refractivity contribution in [3.63, 3.8) is 0 Å². The second kappa shape index (κ2) is 7.36. The molecule has 0 aliphatic rings. The predicted molar refractivity (Wildman–Crippen MR) is 43.9 cm³/mol. The van der Waals surface area contributed by atoms with Crippen LogP contribution in [0.2, 0.25) is 0 Å². The minimum Gasteiger partial charge on any atom is -0.369 e. The zero-order valence-corrected chi connectivity index (χ0v) is 7.09. The van der Waals surface area contributed by atoms with Crippen LogP contribution in [0.15, 0.2) is 4.99 Å². The number of aliphatic imine (C=N–C) groups is 1. The van der Waals surface area contributed by atoms with Crippen LogP contribution in [-0.2, 0) is 4.74 Å². The topological polar surface area (TPSA) is 21.6 Å². The summed E-state index contributed by atoms with van der Waals surface area (Å²) in [5.74, 6) is 0. The molecular weight excluding hydrogens is 217 g/mol. The molecule has 0 saturated carbocycles. The number of rotatable bonds is 4. The lowest BCUT2D eigenvalue weighted by atomic mass is 10.7. The summed E-state index contributed by atoms with van der Waals surface area (Å²) >= 11 is 2.17. The van der Waals surface area contributed by atoms with Gasteiger partial charge < -0.3 is 4.74 Å². The van der Waals surface area contributed by atoms with Gasteiger partial charge in [0.2, 0.25) is 0 Å². The summed E-state index contributed by atoms with van der Waals surface area (Å²) in [6.07, 6.45) is 1.79. The highest BCUT2D eigenvalue weighted by molar-refractivity contribution is 14.1. The van der Waals surface area contributed by atoms with Gasteiger partial charge in [0.15, 0.2) is 0 Å². The Morgan fingerprint density at radius 2 is 2.50 bits per heavy atom. The van der Waals surface area contributed by atoms with Gasteiger partial charge in [-0.2, -0.15) is 0 Å². The van der Waals surface area contributed by atoms with E-state index in [4.69, 9.17) is 4.74 Å². The maximum absolute atomic E-state index is 5.01. The molecule has 48 valence electrons. The van der Waals surface area contributed by atoms with Gasteiger partial charge in [-0.1, -0.05) is 22.6 Å². The third kappa shape index (κ3) is 6.36. The third-order valence-electron chi connectivity index (χ3n) is 0.624. The fourth-order valence-corrected chi connectivity index (χ4v) is 0.612. The van der Waals surface area contributed by atoms with Gasteiger partial charge >= 0.3 is 0 Å². The lowest BCUT2D eigenvalue weighted by molar-refractivity contribution is 0.200. The average molecular weight is 227 g/mol. The van der Waals surface area contributed by atoms with Crippen LogP contribution < -0.4 is 0 Å². The second-order valence-electron chi connectivity index (χ2n) is 1.18. The minimum atomic E-state index is 0.743. The van der Waals surface area contributed by atoms with Gasteiger partial charge in [-0.15, -0.1) is 0 Å². The van der Waals surface area contributed by atoms with Crippen LogP contribution in [0.25, 0.3) is 0 Å². The molecule has 0 aromatic carbocycles. The smallest absolute Gasteiger partial charge is 0.0980 e. The van der Waals surface area contributed by atoms with Crippen molar-refractivity contribution in [3.8, 4) is 0 Å².